The van der Waals surface area contributed by atoms with Crippen LogP contribution >= 0.6 is 11.6 Å². The third kappa shape index (κ3) is 5.16. The average Bonchev–Trinajstić information content (AvgIpc) is 3.01. The third-order valence-corrected chi connectivity index (χ3v) is 4.39. The van der Waals surface area contributed by atoms with Crippen LogP contribution in [0.5, 0.6) is 11.5 Å². The fourth-order valence-corrected chi connectivity index (χ4v) is 3.12. The standard InChI is InChI=1S/C22H21ClN2O6/c1-13(2)31-19(26)12-30-20-14(9-15(23)11-18(20)29-3)10-17-21(27)24-25(22(17)28)16-7-5-4-6-8-16/h4-11,13H,12H2,1-3H3,(H,24,27)/b17-10+. The number of nitrogens with one attached hydrogen (secondary N) is 1. The van der Waals surface area contributed by atoms with E-state index in [4.69, 9.17) is 25.8 Å². The van der Waals surface area contributed by atoms with E-state index < -0.39 is 17.8 Å². The molecule has 0 aromatic heterocycles. The first-order valence-corrected chi connectivity index (χ1v) is 9.80. The predicted octanol–water partition coefficient (Wildman–Crippen LogP) is 3.14. The second kappa shape index (κ2) is 9.53. The number of methoxy groups -OCH3 is 1. The smallest absolute Gasteiger partial charge is 0.344 e. The first-order chi connectivity index (χ1) is 14.8. The molecule has 8 nitrogen and oxygen atoms in total. The highest BCUT2D eigenvalue weighted by Gasteiger charge is 2.34. The molecule has 0 spiro atoms. The van der Waals surface area contributed by atoms with E-state index in [9.17, 15) is 14.4 Å². The number of halogens is 1. The fourth-order valence-electron chi connectivity index (χ4n) is 2.90. The maximum Gasteiger partial charge on any atom is 0.344 e. The number of para-hydroxylation sites is 1. The van der Waals surface area contributed by atoms with Crippen LogP contribution in [0.4, 0.5) is 5.69 Å². The van der Waals surface area contributed by atoms with Gasteiger partial charge in [0.1, 0.15) is 5.57 Å². The Balaban J connectivity index is 1.95. The third-order valence-electron chi connectivity index (χ3n) is 4.18. The number of ether oxygens (including phenoxy) is 3. The lowest BCUT2D eigenvalue weighted by Crippen LogP contribution is -2.35. The SMILES string of the molecule is COc1cc(Cl)cc(/C=C2\C(=O)NN(c3ccccc3)C2=O)c1OCC(=O)OC(C)C. The molecule has 1 fully saturated rings. The van der Waals surface area contributed by atoms with Crippen LogP contribution in [0.2, 0.25) is 5.02 Å². The molecule has 162 valence electrons. The van der Waals surface area contributed by atoms with Gasteiger partial charge in [0.15, 0.2) is 18.1 Å². The monoisotopic (exact) mass is 444 g/mol. The molecule has 0 saturated carbocycles. The van der Waals surface area contributed by atoms with Crippen molar-refractivity contribution in [3.8, 4) is 11.5 Å². The molecule has 2 aromatic carbocycles. The van der Waals surface area contributed by atoms with Gasteiger partial charge in [-0.15, -0.1) is 0 Å². The summed E-state index contributed by atoms with van der Waals surface area (Å²) in [5.74, 6) is -1.31. The van der Waals surface area contributed by atoms with Crippen molar-refractivity contribution in [2.24, 2.45) is 0 Å². The number of hydrazine groups is 1. The van der Waals surface area contributed by atoms with E-state index in [0.717, 1.165) is 5.01 Å². The quantitative estimate of drug-likeness (QED) is 0.400. The van der Waals surface area contributed by atoms with Gasteiger partial charge >= 0.3 is 5.97 Å². The van der Waals surface area contributed by atoms with Crippen molar-refractivity contribution < 1.29 is 28.6 Å². The molecule has 2 amide bonds. The lowest BCUT2D eigenvalue weighted by atomic mass is 10.1. The van der Waals surface area contributed by atoms with E-state index in [0.29, 0.717) is 16.3 Å². The zero-order valence-corrected chi connectivity index (χ0v) is 17.9. The van der Waals surface area contributed by atoms with Crippen molar-refractivity contribution in [3.63, 3.8) is 0 Å². The van der Waals surface area contributed by atoms with Gasteiger partial charge in [-0.1, -0.05) is 29.8 Å². The van der Waals surface area contributed by atoms with Gasteiger partial charge < -0.3 is 14.2 Å². The Hall–Kier alpha value is -3.52. The fraction of sp³-hybridized carbons (Fsp3) is 0.227. The second-order valence-electron chi connectivity index (χ2n) is 6.83. The maximum absolute atomic E-state index is 12.9. The highest BCUT2D eigenvalue weighted by Crippen LogP contribution is 2.37. The number of carbonyl (C=O) groups is 3. The summed E-state index contributed by atoms with van der Waals surface area (Å²) in [7, 11) is 1.41. The lowest BCUT2D eigenvalue weighted by Gasteiger charge is -2.15. The topological polar surface area (TPSA) is 94.2 Å². The summed E-state index contributed by atoms with van der Waals surface area (Å²) in [4.78, 5) is 37.2. The van der Waals surface area contributed by atoms with Crippen LogP contribution in [-0.2, 0) is 19.1 Å². The normalized spacial score (nSPS) is 14.7. The lowest BCUT2D eigenvalue weighted by molar-refractivity contribution is -0.149. The van der Waals surface area contributed by atoms with Crippen LogP contribution in [0.25, 0.3) is 6.08 Å². The molecule has 0 radical (unpaired) electrons. The molecule has 0 unspecified atom stereocenters. The highest BCUT2D eigenvalue weighted by atomic mass is 35.5. The summed E-state index contributed by atoms with van der Waals surface area (Å²) >= 11 is 6.16. The maximum atomic E-state index is 12.9. The number of amides is 2. The van der Waals surface area contributed by atoms with E-state index in [-0.39, 0.29) is 29.8 Å². The van der Waals surface area contributed by atoms with Gasteiger partial charge in [-0.2, -0.15) is 0 Å². The average molecular weight is 445 g/mol. The van der Waals surface area contributed by atoms with Crippen LogP contribution in [0.1, 0.15) is 19.4 Å². The second-order valence-corrected chi connectivity index (χ2v) is 7.27. The molecule has 9 heteroatoms. The van der Waals surface area contributed by atoms with Gasteiger partial charge in [0, 0.05) is 16.7 Å². The molecular weight excluding hydrogens is 424 g/mol. The largest absolute Gasteiger partial charge is 0.493 e. The first-order valence-electron chi connectivity index (χ1n) is 9.42. The Morgan fingerprint density at radius 2 is 1.90 bits per heavy atom. The summed E-state index contributed by atoms with van der Waals surface area (Å²) in [5, 5.41) is 1.45. The van der Waals surface area contributed by atoms with Crippen LogP contribution in [0.15, 0.2) is 48.0 Å². The predicted molar refractivity (Wildman–Crippen MR) is 115 cm³/mol. The molecule has 0 bridgehead atoms. The van der Waals surface area contributed by atoms with Crippen molar-refractivity contribution in [1.82, 2.24) is 5.43 Å². The molecule has 1 aliphatic rings. The van der Waals surface area contributed by atoms with Gasteiger partial charge in [0.05, 0.1) is 18.9 Å². The number of anilines is 1. The number of hydrogen-bond acceptors (Lipinski definition) is 6. The first kappa shape index (κ1) is 22.2. The van der Waals surface area contributed by atoms with Crippen molar-refractivity contribution in [1.29, 1.82) is 0 Å². The number of carbonyl (C=O) groups excluding carboxylic acids is 3. The van der Waals surface area contributed by atoms with Crippen molar-refractivity contribution in [2.75, 3.05) is 18.7 Å². The van der Waals surface area contributed by atoms with E-state index >= 15 is 0 Å². The van der Waals surface area contributed by atoms with Crippen molar-refractivity contribution >= 4 is 41.1 Å². The van der Waals surface area contributed by atoms with Gasteiger partial charge in [0.25, 0.3) is 11.8 Å². The van der Waals surface area contributed by atoms with Gasteiger partial charge in [-0.05, 0) is 38.1 Å². The van der Waals surface area contributed by atoms with E-state index in [1.807, 2.05) is 0 Å². The molecular formula is C22H21ClN2O6. The zero-order chi connectivity index (χ0) is 22.5. The molecule has 2 aromatic rings. The van der Waals surface area contributed by atoms with Crippen LogP contribution in [-0.4, -0.2) is 37.6 Å². The van der Waals surface area contributed by atoms with E-state index in [2.05, 4.69) is 5.43 Å². The van der Waals surface area contributed by atoms with Crippen LogP contribution in [0, 0.1) is 0 Å². The van der Waals surface area contributed by atoms with Crippen LogP contribution in [0.3, 0.4) is 0 Å². The summed E-state index contributed by atoms with van der Waals surface area (Å²) in [5.41, 5.74) is 3.22. The zero-order valence-electron chi connectivity index (χ0n) is 17.2. The minimum absolute atomic E-state index is 0.122. The Morgan fingerprint density at radius 1 is 1.19 bits per heavy atom. The van der Waals surface area contributed by atoms with E-state index in [1.165, 1.54) is 25.3 Å². The Bertz CT molecular complexity index is 1040. The van der Waals surface area contributed by atoms with Gasteiger partial charge in [-0.3, -0.25) is 15.0 Å². The molecule has 3 rings (SSSR count). The summed E-state index contributed by atoms with van der Waals surface area (Å²) in [6.45, 7) is 3.06. The molecule has 1 saturated heterocycles. The Labute approximate surface area is 184 Å². The Morgan fingerprint density at radius 3 is 2.55 bits per heavy atom. The molecule has 1 N–H and O–H groups in total. The highest BCUT2D eigenvalue weighted by molar-refractivity contribution is 6.32. The van der Waals surface area contributed by atoms with Gasteiger partial charge in [0.2, 0.25) is 0 Å². The molecule has 0 atom stereocenters. The molecule has 1 aliphatic heterocycles. The molecule has 0 aliphatic carbocycles. The summed E-state index contributed by atoms with van der Waals surface area (Å²) in [6.07, 6.45) is 1.05. The summed E-state index contributed by atoms with van der Waals surface area (Å²) in [6, 6.07) is 11.7. The number of rotatable bonds is 7. The Kier molecular flexibility index (Phi) is 6.81. The molecule has 1 heterocycles. The number of nitrogens with zero attached hydrogens (tertiary/aromatic N) is 1. The van der Waals surface area contributed by atoms with Crippen molar-refractivity contribution in [2.45, 2.75) is 20.0 Å². The number of hydrogen-bond donors (Lipinski definition) is 1. The van der Waals surface area contributed by atoms with Crippen molar-refractivity contribution in [3.05, 3.63) is 58.6 Å². The number of esters is 1. The van der Waals surface area contributed by atoms with Gasteiger partial charge in [-0.25, -0.2) is 9.80 Å². The minimum atomic E-state index is -0.585. The summed E-state index contributed by atoms with van der Waals surface area (Å²) < 4.78 is 16.0. The van der Waals surface area contributed by atoms with Crippen LogP contribution < -0.4 is 19.9 Å². The molecule has 31 heavy (non-hydrogen) atoms. The van der Waals surface area contributed by atoms with E-state index in [1.54, 1.807) is 44.2 Å². The number of benzene rings is 2. The minimum Gasteiger partial charge on any atom is -0.493 e.